The lowest BCUT2D eigenvalue weighted by Crippen LogP contribution is -2.18. The van der Waals surface area contributed by atoms with E-state index < -0.39 is 0 Å². The van der Waals surface area contributed by atoms with Crippen molar-refractivity contribution in [2.24, 2.45) is 17.8 Å². The van der Waals surface area contributed by atoms with E-state index in [1.54, 1.807) is 18.2 Å². The number of rotatable bonds is 8. The molecule has 3 heteroatoms. The van der Waals surface area contributed by atoms with Crippen LogP contribution in [0.2, 0.25) is 0 Å². The van der Waals surface area contributed by atoms with Crippen LogP contribution in [-0.4, -0.2) is 0 Å². The predicted octanol–water partition coefficient (Wildman–Crippen LogP) is 8.21. The highest BCUT2D eigenvalue weighted by molar-refractivity contribution is 5.34. The second kappa shape index (κ2) is 11.5. The predicted molar refractivity (Wildman–Crippen MR) is 115 cm³/mol. The largest absolute Gasteiger partial charge is 0.216 e. The fraction of sp³-hybridized carbons (Fsp3) is 0.654. The van der Waals surface area contributed by atoms with E-state index in [4.69, 9.17) is 5.26 Å². The Hall–Kier alpha value is -1.69. The molecule has 2 fully saturated rings. The van der Waals surface area contributed by atoms with E-state index in [2.05, 4.69) is 0 Å². The number of allylic oxidation sites excluding steroid dienone is 1. The lowest BCUT2D eigenvalue weighted by molar-refractivity contribution is 0.223. The Bertz CT molecular complexity index is 689. The standard InChI is InChI=1S/C26H35F2N/c27-17-3-1-2-4-20-5-7-21(8-6-20)9-10-22-11-13-23(14-12-22)24-15-16-25(19-29)26(28)18-24/h3,15-18,20-23H,1-2,4-14H2. The van der Waals surface area contributed by atoms with Crippen molar-refractivity contribution in [1.82, 2.24) is 0 Å². The summed E-state index contributed by atoms with van der Waals surface area (Å²) >= 11 is 0. The van der Waals surface area contributed by atoms with Crippen LogP contribution in [0.4, 0.5) is 8.78 Å². The molecule has 0 unspecified atom stereocenters. The molecular weight excluding hydrogens is 364 g/mol. The number of unbranched alkanes of at least 4 members (excludes halogenated alkanes) is 1. The van der Waals surface area contributed by atoms with Crippen molar-refractivity contribution in [3.63, 3.8) is 0 Å². The molecule has 29 heavy (non-hydrogen) atoms. The monoisotopic (exact) mass is 399 g/mol. The van der Waals surface area contributed by atoms with Gasteiger partial charge in [0.25, 0.3) is 0 Å². The summed E-state index contributed by atoms with van der Waals surface area (Å²) in [6.45, 7) is 0. The average Bonchev–Trinajstić information content (AvgIpc) is 2.76. The summed E-state index contributed by atoms with van der Waals surface area (Å²) in [7, 11) is 0. The number of hydrogen-bond acceptors (Lipinski definition) is 1. The van der Waals surface area contributed by atoms with Crippen LogP contribution in [-0.2, 0) is 0 Å². The van der Waals surface area contributed by atoms with Crippen LogP contribution in [0.15, 0.2) is 30.6 Å². The van der Waals surface area contributed by atoms with Crippen LogP contribution >= 0.6 is 0 Å². The van der Waals surface area contributed by atoms with Crippen molar-refractivity contribution < 1.29 is 8.78 Å². The maximum absolute atomic E-state index is 13.9. The van der Waals surface area contributed by atoms with Crippen LogP contribution in [0.5, 0.6) is 0 Å². The third-order valence-electron chi connectivity index (χ3n) is 7.45. The van der Waals surface area contributed by atoms with Gasteiger partial charge >= 0.3 is 0 Å². The molecule has 0 atom stereocenters. The number of hydrogen-bond donors (Lipinski definition) is 0. The molecule has 1 aromatic carbocycles. The third-order valence-corrected chi connectivity index (χ3v) is 7.45. The van der Waals surface area contributed by atoms with E-state index in [1.807, 2.05) is 12.1 Å². The van der Waals surface area contributed by atoms with Gasteiger partial charge in [-0.25, -0.2) is 8.78 Å². The molecule has 1 nitrogen and oxygen atoms in total. The van der Waals surface area contributed by atoms with Crippen LogP contribution < -0.4 is 0 Å². The zero-order chi connectivity index (χ0) is 20.5. The Kier molecular flexibility index (Phi) is 8.71. The summed E-state index contributed by atoms with van der Waals surface area (Å²) in [5, 5.41) is 8.89. The smallest absolute Gasteiger partial charge is 0.141 e. The minimum absolute atomic E-state index is 0.147. The van der Waals surface area contributed by atoms with Crippen LogP contribution in [0.25, 0.3) is 0 Å². The van der Waals surface area contributed by atoms with Gasteiger partial charge in [-0.05, 0) is 79.9 Å². The highest BCUT2D eigenvalue weighted by Gasteiger charge is 2.25. The van der Waals surface area contributed by atoms with Gasteiger partial charge in [-0.1, -0.05) is 57.1 Å². The van der Waals surface area contributed by atoms with Gasteiger partial charge in [-0.3, -0.25) is 0 Å². The molecule has 0 radical (unpaired) electrons. The first-order valence-corrected chi connectivity index (χ1v) is 11.6. The van der Waals surface area contributed by atoms with Gasteiger partial charge in [0.15, 0.2) is 0 Å². The van der Waals surface area contributed by atoms with E-state index in [-0.39, 0.29) is 11.4 Å². The van der Waals surface area contributed by atoms with E-state index in [0.717, 1.165) is 49.0 Å². The molecule has 158 valence electrons. The number of benzene rings is 1. The minimum atomic E-state index is -0.374. The molecule has 0 bridgehead atoms. The first-order chi connectivity index (χ1) is 14.2. The Labute approximate surface area is 175 Å². The van der Waals surface area contributed by atoms with Crippen LogP contribution in [0, 0.1) is 34.9 Å². The molecule has 0 amide bonds. The summed E-state index contributed by atoms with van der Waals surface area (Å²) in [4.78, 5) is 0. The van der Waals surface area contributed by atoms with Crippen molar-refractivity contribution in [3.05, 3.63) is 47.5 Å². The molecule has 0 heterocycles. The van der Waals surface area contributed by atoms with Gasteiger partial charge in [0.2, 0.25) is 0 Å². The van der Waals surface area contributed by atoms with Gasteiger partial charge in [-0.15, -0.1) is 0 Å². The molecule has 0 N–H and O–H groups in total. The fourth-order valence-electron chi connectivity index (χ4n) is 5.53. The number of nitrogens with zero attached hydrogens (tertiary/aromatic N) is 1. The van der Waals surface area contributed by atoms with Crippen LogP contribution in [0.3, 0.4) is 0 Å². The van der Waals surface area contributed by atoms with Crippen molar-refractivity contribution in [1.29, 1.82) is 5.26 Å². The zero-order valence-electron chi connectivity index (χ0n) is 17.6. The Balaban J connectivity index is 1.33. The Morgan fingerprint density at radius 1 is 0.897 bits per heavy atom. The molecule has 0 saturated heterocycles. The van der Waals surface area contributed by atoms with Crippen molar-refractivity contribution in [3.8, 4) is 6.07 Å². The summed E-state index contributed by atoms with van der Waals surface area (Å²) in [5.41, 5.74) is 1.22. The lowest BCUT2D eigenvalue weighted by atomic mass is 9.74. The van der Waals surface area contributed by atoms with Crippen molar-refractivity contribution >= 4 is 0 Å². The van der Waals surface area contributed by atoms with Crippen LogP contribution in [0.1, 0.15) is 101 Å². The molecule has 2 saturated carbocycles. The maximum Gasteiger partial charge on any atom is 0.141 e. The lowest BCUT2D eigenvalue weighted by Gasteiger charge is -2.32. The molecule has 1 aromatic rings. The van der Waals surface area contributed by atoms with Gasteiger partial charge in [0.05, 0.1) is 11.9 Å². The number of nitriles is 1. The van der Waals surface area contributed by atoms with Gasteiger partial charge in [0.1, 0.15) is 11.9 Å². The molecular formula is C26H35F2N. The highest BCUT2D eigenvalue weighted by atomic mass is 19.1. The maximum atomic E-state index is 13.9. The molecule has 0 aromatic heterocycles. The Morgan fingerprint density at radius 3 is 2.03 bits per heavy atom. The average molecular weight is 400 g/mol. The van der Waals surface area contributed by atoms with E-state index >= 15 is 0 Å². The first-order valence-electron chi connectivity index (χ1n) is 11.6. The second-order valence-corrected chi connectivity index (χ2v) is 9.33. The molecule has 3 rings (SSSR count). The topological polar surface area (TPSA) is 23.8 Å². The third kappa shape index (κ3) is 6.66. The summed E-state index contributed by atoms with van der Waals surface area (Å²) in [5.74, 6) is 2.68. The van der Waals surface area contributed by atoms with E-state index in [9.17, 15) is 8.78 Å². The zero-order valence-corrected chi connectivity index (χ0v) is 17.6. The highest BCUT2D eigenvalue weighted by Crippen LogP contribution is 2.40. The van der Waals surface area contributed by atoms with Crippen molar-refractivity contribution in [2.75, 3.05) is 0 Å². The SMILES string of the molecule is N#Cc1ccc(C2CCC(CCC3CCC(CCCC=CF)CC3)CC2)cc1F. The fourth-order valence-corrected chi connectivity index (χ4v) is 5.53. The molecule has 0 aliphatic heterocycles. The molecule has 0 spiro atoms. The molecule has 2 aliphatic carbocycles. The first kappa shape index (κ1) is 22.0. The normalized spacial score (nSPS) is 27.8. The van der Waals surface area contributed by atoms with E-state index in [0.29, 0.717) is 12.2 Å². The summed E-state index contributed by atoms with van der Waals surface area (Å²) in [6, 6.07) is 7.06. The number of halogens is 2. The van der Waals surface area contributed by atoms with Gasteiger partial charge < -0.3 is 0 Å². The minimum Gasteiger partial charge on any atom is -0.216 e. The van der Waals surface area contributed by atoms with Gasteiger partial charge in [-0.2, -0.15) is 5.26 Å². The van der Waals surface area contributed by atoms with Crippen molar-refractivity contribution in [2.45, 2.75) is 89.4 Å². The summed E-state index contributed by atoms with van der Waals surface area (Å²) < 4.78 is 25.9. The molecule has 2 aliphatic rings. The summed E-state index contributed by atoms with van der Waals surface area (Å²) in [6.07, 6.45) is 18.6. The van der Waals surface area contributed by atoms with Gasteiger partial charge in [0, 0.05) is 0 Å². The second-order valence-electron chi connectivity index (χ2n) is 9.33. The quantitative estimate of drug-likeness (QED) is 0.404. The van der Waals surface area contributed by atoms with E-state index in [1.165, 1.54) is 57.8 Å². The Morgan fingerprint density at radius 2 is 1.48 bits per heavy atom.